The predicted molar refractivity (Wildman–Crippen MR) is 135 cm³/mol. The van der Waals surface area contributed by atoms with Gasteiger partial charge in [0.2, 0.25) is 5.91 Å². The fraction of sp³-hybridized carbons (Fsp3) is 0.259. The Kier molecular flexibility index (Phi) is 6.26. The number of benzene rings is 2. The first-order chi connectivity index (χ1) is 17.4. The van der Waals surface area contributed by atoms with E-state index in [1.54, 1.807) is 48.7 Å². The number of aliphatic hydroxyl groups is 1. The van der Waals surface area contributed by atoms with Gasteiger partial charge in [0.15, 0.2) is 5.78 Å². The normalized spacial score (nSPS) is 19.9. The molecule has 2 aromatic carbocycles. The van der Waals surface area contributed by atoms with E-state index >= 15 is 0 Å². The number of nitrogen functional groups attached to an aromatic ring is 1. The van der Waals surface area contributed by atoms with Gasteiger partial charge in [-0.2, -0.15) is 0 Å². The van der Waals surface area contributed by atoms with Crippen molar-refractivity contribution in [1.82, 2.24) is 14.4 Å². The summed E-state index contributed by atoms with van der Waals surface area (Å²) in [5, 5.41) is 9.54. The monoisotopic (exact) mass is 485 g/mol. The van der Waals surface area contributed by atoms with Gasteiger partial charge < -0.3 is 21.3 Å². The van der Waals surface area contributed by atoms with E-state index in [1.807, 2.05) is 10.6 Å². The molecule has 36 heavy (non-hydrogen) atoms. The van der Waals surface area contributed by atoms with Gasteiger partial charge in [-0.25, -0.2) is 9.97 Å². The number of imidazole rings is 1. The van der Waals surface area contributed by atoms with E-state index in [0.29, 0.717) is 29.2 Å². The first kappa shape index (κ1) is 23.7. The zero-order valence-electron chi connectivity index (χ0n) is 19.8. The number of hydrogen-bond acceptors (Lipinski definition) is 7. The van der Waals surface area contributed by atoms with Crippen LogP contribution in [0, 0.1) is 5.92 Å². The fourth-order valence-corrected chi connectivity index (χ4v) is 4.89. The van der Waals surface area contributed by atoms with Crippen molar-refractivity contribution in [3.05, 3.63) is 83.4 Å². The van der Waals surface area contributed by atoms with Crippen LogP contribution in [0.4, 0.5) is 5.82 Å². The van der Waals surface area contributed by atoms with E-state index in [4.69, 9.17) is 21.2 Å². The van der Waals surface area contributed by atoms with Gasteiger partial charge in [-0.3, -0.25) is 14.0 Å². The van der Waals surface area contributed by atoms with Gasteiger partial charge in [-0.05, 0) is 18.4 Å². The highest BCUT2D eigenvalue weighted by Gasteiger charge is 2.32. The van der Waals surface area contributed by atoms with Gasteiger partial charge in [0, 0.05) is 35.0 Å². The summed E-state index contributed by atoms with van der Waals surface area (Å²) in [5.41, 5.74) is 14.7. The average molecular weight is 486 g/mol. The summed E-state index contributed by atoms with van der Waals surface area (Å²) in [6.07, 6.45) is 4.11. The minimum absolute atomic E-state index is 0.00663. The number of ketones is 1. The number of aliphatic hydroxyl groups excluding tert-OH is 1. The number of carbonyl (C=O) groups is 2. The quantitative estimate of drug-likeness (QED) is 0.356. The number of carbonyl (C=O) groups excluding carboxylic acids is 2. The van der Waals surface area contributed by atoms with Crippen LogP contribution in [0.15, 0.2) is 60.9 Å². The maximum Gasteiger partial charge on any atom is 0.249 e. The van der Waals surface area contributed by atoms with Gasteiger partial charge >= 0.3 is 0 Å². The Morgan fingerprint density at radius 2 is 1.86 bits per heavy atom. The molecule has 3 unspecified atom stereocenters. The Balaban J connectivity index is 1.52. The molecule has 9 heteroatoms. The summed E-state index contributed by atoms with van der Waals surface area (Å²) >= 11 is 0. The van der Waals surface area contributed by atoms with Crippen LogP contribution in [0.1, 0.15) is 51.4 Å². The molecule has 3 heterocycles. The number of primary amides is 1. The molecule has 184 valence electrons. The molecular formula is C27H27N5O4. The highest BCUT2D eigenvalue weighted by atomic mass is 16.5. The summed E-state index contributed by atoms with van der Waals surface area (Å²) < 4.78 is 7.83. The summed E-state index contributed by atoms with van der Waals surface area (Å²) in [7, 11) is 0. The van der Waals surface area contributed by atoms with Crippen LogP contribution in [-0.2, 0) is 4.74 Å². The van der Waals surface area contributed by atoms with Crippen molar-refractivity contribution >= 4 is 23.0 Å². The molecule has 1 fully saturated rings. The molecule has 0 saturated carbocycles. The predicted octanol–water partition coefficient (Wildman–Crippen LogP) is 2.81. The van der Waals surface area contributed by atoms with Gasteiger partial charge in [0.05, 0.1) is 24.9 Å². The second kappa shape index (κ2) is 9.52. The minimum atomic E-state index is -0.651. The van der Waals surface area contributed by atoms with Gasteiger partial charge in [-0.15, -0.1) is 0 Å². The molecule has 0 bridgehead atoms. The first-order valence-corrected chi connectivity index (χ1v) is 11.8. The molecule has 0 radical (unpaired) electrons. The molecule has 9 nitrogen and oxygen atoms in total. The Bertz CT molecular complexity index is 1450. The second-order valence-electron chi connectivity index (χ2n) is 9.13. The first-order valence-electron chi connectivity index (χ1n) is 11.8. The molecule has 1 saturated heterocycles. The SMILES string of the molecule is CC1CC(c2nc(-c3ccc(C(=O)c4ccccc4C(N)=O)cc3)c3c(N)nccn23)COC1CO. The lowest BCUT2D eigenvalue weighted by Gasteiger charge is -2.32. The lowest BCUT2D eigenvalue weighted by Crippen LogP contribution is -2.35. The molecule has 1 aliphatic heterocycles. The van der Waals surface area contributed by atoms with Gasteiger partial charge in [-0.1, -0.05) is 49.4 Å². The molecule has 5 N–H and O–H groups in total. The second-order valence-corrected chi connectivity index (χ2v) is 9.13. The van der Waals surface area contributed by atoms with E-state index in [2.05, 4.69) is 11.9 Å². The van der Waals surface area contributed by atoms with Crippen LogP contribution in [0.25, 0.3) is 16.8 Å². The third kappa shape index (κ3) is 4.12. The van der Waals surface area contributed by atoms with Crippen molar-refractivity contribution < 1.29 is 19.4 Å². The topological polar surface area (TPSA) is 146 Å². The Morgan fingerprint density at radius 1 is 1.14 bits per heavy atom. The molecular weight excluding hydrogens is 458 g/mol. The van der Waals surface area contributed by atoms with E-state index in [0.717, 1.165) is 17.8 Å². The highest BCUT2D eigenvalue weighted by molar-refractivity contribution is 6.15. The number of amides is 1. The number of ether oxygens (including phenoxy) is 1. The molecule has 4 aromatic rings. The fourth-order valence-electron chi connectivity index (χ4n) is 4.89. The average Bonchev–Trinajstić information content (AvgIpc) is 3.29. The number of nitrogens with two attached hydrogens (primary N) is 2. The van der Waals surface area contributed by atoms with Gasteiger partial charge in [0.25, 0.3) is 0 Å². The van der Waals surface area contributed by atoms with Crippen LogP contribution in [0.2, 0.25) is 0 Å². The third-order valence-electron chi connectivity index (χ3n) is 6.82. The number of nitrogens with zero attached hydrogens (tertiary/aromatic N) is 3. The van der Waals surface area contributed by atoms with E-state index in [1.165, 1.54) is 6.07 Å². The molecule has 2 aromatic heterocycles. The van der Waals surface area contributed by atoms with Gasteiger partial charge in [0.1, 0.15) is 22.9 Å². The summed E-state index contributed by atoms with van der Waals surface area (Å²) in [5.74, 6) is 0.420. The van der Waals surface area contributed by atoms with Crippen LogP contribution in [-0.4, -0.2) is 50.5 Å². The zero-order valence-corrected chi connectivity index (χ0v) is 19.8. The summed E-state index contributed by atoms with van der Waals surface area (Å²) in [6, 6.07) is 13.5. The van der Waals surface area contributed by atoms with Crippen molar-refractivity contribution in [3.63, 3.8) is 0 Å². The molecule has 5 rings (SSSR count). The van der Waals surface area contributed by atoms with Crippen LogP contribution in [0.5, 0.6) is 0 Å². The largest absolute Gasteiger partial charge is 0.394 e. The van der Waals surface area contributed by atoms with Crippen LogP contribution in [0.3, 0.4) is 0 Å². The third-order valence-corrected chi connectivity index (χ3v) is 6.82. The number of aromatic nitrogens is 3. The minimum Gasteiger partial charge on any atom is -0.394 e. The Morgan fingerprint density at radius 3 is 2.53 bits per heavy atom. The molecule has 1 amide bonds. The maximum absolute atomic E-state index is 13.1. The summed E-state index contributed by atoms with van der Waals surface area (Å²) in [6.45, 7) is 2.50. The van der Waals surface area contributed by atoms with Crippen LogP contribution < -0.4 is 11.5 Å². The van der Waals surface area contributed by atoms with Crippen molar-refractivity contribution in [3.8, 4) is 11.3 Å². The van der Waals surface area contributed by atoms with E-state index in [9.17, 15) is 14.7 Å². The molecule has 0 aliphatic carbocycles. The van der Waals surface area contributed by atoms with Crippen molar-refractivity contribution in [1.29, 1.82) is 0 Å². The molecule has 3 atom stereocenters. The van der Waals surface area contributed by atoms with Crippen molar-refractivity contribution in [2.75, 3.05) is 18.9 Å². The van der Waals surface area contributed by atoms with Crippen molar-refractivity contribution in [2.24, 2.45) is 11.7 Å². The number of rotatable bonds is 6. The smallest absolute Gasteiger partial charge is 0.249 e. The summed E-state index contributed by atoms with van der Waals surface area (Å²) in [4.78, 5) is 34.1. The van der Waals surface area contributed by atoms with E-state index < -0.39 is 5.91 Å². The number of fused-ring (bicyclic) bond motifs is 1. The molecule has 1 aliphatic rings. The number of anilines is 1. The van der Waals surface area contributed by atoms with Crippen molar-refractivity contribution in [2.45, 2.75) is 25.4 Å². The number of hydrogen-bond donors (Lipinski definition) is 3. The lowest BCUT2D eigenvalue weighted by molar-refractivity contribution is -0.0603. The zero-order chi connectivity index (χ0) is 25.4. The molecule has 0 spiro atoms. The van der Waals surface area contributed by atoms with Crippen LogP contribution >= 0.6 is 0 Å². The maximum atomic E-state index is 13.1. The highest BCUT2D eigenvalue weighted by Crippen LogP contribution is 2.36. The lowest BCUT2D eigenvalue weighted by atomic mass is 9.89. The standard InChI is InChI=1S/C27H27N5O4/c1-15-12-18(14-36-21(15)13-33)27-31-22(23-25(28)30-10-11-32(23)27)16-6-8-17(9-7-16)24(34)19-4-2-3-5-20(19)26(29)35/h2-11,15,18,21,33H,12-14H2,1H3,(H2,28,30)(H2,29,35). The Hall–Kier alpha value is -4.08. The van der Waals surface area contributed by atoms with E-state index in [-0.39, 0.29) is 41.5 Å². The Labute approximate surface area is 207 Å².